The third-order valence-corrected chi connectivity index (χ3v) is 1.79. The van der Waals surface area contributed by atoms with E-state index in [1.165, 1.54) is 14.0 Å². The van der Waals surface area contributed by atoms with Crippen molar-refractivity contribution in [2.45, 2.75) is 19.8 Å². The Morgan fingerprint density at radius 3 is 2.41 bits per heavy atom. The highest BCUT2D eigenvalue weighted by Crippen LogP contribution is 1.92. The van der Waals surface area contributed by atoms with E-state index in [4.69, 9.17) is 4.74 Å². The highest BCUT2D eigenvalue weighted by atomic mass is 16.5. The zero-order chi connectivity index (χ0) is 13.3. The van der Waals surface area contributed by atoms with Crippen molar-refractivity contribution in [1.29, 1.82) is 0 Å². The minimum Gasteiger partial charge on any atom is -0.469 e. The first-order valence-electron chi connectivity index (χ1n) is 5.13. The van der Waals surface area contributed by atoms with Gasteiger partial charge in [-0.05, 0) is 6.92 Å². The zero-order valence-electron chi connectivity index (χ0n) is 10.1. The number of esters is 2. The van der Waals surface area contributed by atoms with Gasteiger partial charge in [-0.1, -0.05) is 6.58 Å². The van der Waals surface area contributed by atoms with Gasteiger partial charge in [0.15, 0.2) is 0 Å². The largest absolute Gasteiger partial charge is 0.469 e. The van der Waals surface area contributed by atoms with Crippen LogP contribution in [-0.4, -0.2) is 38.1 Å². The van der Waals surface area contributed by atoms with Gasteiger partial charge < -0.3 is 14.8 Å². The molecular formula is C11H17NO5. The van der Waals surface area contributed by atoms with Crippen LogP contribution in [0.4, 0.5) is 0 Å². The summed E-state index contributed by atoms with van der Waals surface area (Å²) in [7, 11) is 1.26. The highest BCUT2D eigenvalue weighted by molar-refractivity contribution is 5.87. The Balaban J connectivity index is 3.55. The molecule has 0 bridgehead atoms. The number of carbonyl (C=O) groups excluding carboxylic acids is 3. The lowest BCUT2D eigenvalue weighted by atomic mass is 10.3. The van der Waals surface area contributed by atoms with E-state index in [-0.39, 0.29) is 31.9 Å². The Bertz CT molecular complexity index is 311. The maximum absolute atomic E-state index is 11.2. The van der Waals surface area contributed by atoms with Gasteiger partial charge in [-0.2, -0.15) is 0 Å². The summed E-state index contributed by atoms with van der Waals surface area (Å²) in [6, 6.07) is 0. The smallest absolute Gasteiger partial charge is 0.333 e. The van der Waals surface area contributed by atoms with Crippen molar-refractivity contribution < 1.29 is 23.9 Å². The molecule has 0 atom stereocenters. The van der Waals surface area contributed by atoms with Gasteiger partial charge in [-0.3, -0.25) is 9.59 Å². The molecule has 0 unspecified atom stereocenters. The Hall–Kier alpha value is -1.85. The molecule has 0 fully saturated rings. The maximum atomic E-state index is 11.2. The van der Waals surface area contributed by atoms with Crippen LogP contribution in [0.5, 0.6) is 0 Å². The van der Waals surface area contributed by atoms with E-state index in [1.807, 2.05) is 0 Å². The molecule has 0 aromatic heterocycles. The van der Waals surface area contributed by atoms with Gasteiger partial charge in [-0.15, -0.1) is 0 Å². The third kappa shape index (κ3) is 8.01. The molecule has 0 radical (unpaired) electrons. The molecule has 96 valence electrons. The summed E-state index contributed by atoms with van der Waals surface area (Å²) in [6.07, 6.45) is 0.0923. The number of rotatable bonds is 7. The second-order valence-corrected chi connectivity index (χ2v) is 3.34. The molecule has 6 nitrogen and oxygen atoms in total. The number of nitrogens with one attached hydrogen (secondary N) is 1. The van der Waals surface area contributed by atoms with Crippen molar-refractivity contribution in [3.63, 3.8) is 0 Å². The molecule has 0 saturated carbocycles. The van der Waals surface area contributed by atoms with Crippen molar-refractivity contribution in [2.24, 2.45) is 0 Å². The predicted molar refractivity (Wildman–Crippen MR) is 60.0 cm³/mol. The summed E-state index contributed by atoms with van der Waals surface area (Å²) in [5.74, 6) is -1.22. The first kappa shape index (κ1) is 15.2. The van der Waals surface area contributed by atoms with Gasteiger partial charge in [0.1, 0.15) is 6.61 Å². The van der Waals surface area contributed by atoms with Gasteiger partial charge in [-0.25, -0.2) is 4.79 Å². The summed E-state index contributed by atoms with van der Waals surface area (Å²) in [5.41, 5.74) is 0.307. The van der Waals surface area contributed by atoms with Crippen molar-refractivity contribution >= 4 is 17.8 Å². The molecule has 0 heterocycles. The van der Waals surface area contributed by atoms with Gasteiger partial charge >= 0.3 is 11.9 Å². The topological polar surface area (TPSA) is 81.7 Å². The molecular weight excluding hydrogens is 226 g/mol. The maximum Gasteiger partial charge on any atom is 0.333 e. The van der Waals surface area contributed by atoms with Crippen molar-refractivity contribution in [3.05, 3.63) is 12.2 Å². The molecule has 1 N–H and O–H groups in total. The van der Waals surface area contributed by atoms with Crippen LogP contribution in [-0.2, 0) is 23.9 Å². The van der Waals surface area contributed by atoms with Gasteiger partial charge in [0.2, 0.25) is 5.91 Å². The number of hydrogen-bond donors (Lipinski definition) is 1. The Morgan fingerprint density at radius 1 is 1.24 bits per heavy atom. The van der Waals surface area contributed by atoms with Crippen LogP contribution in [0.25, 0.3) is 0 Å². The molecule has 1 amide bonds. The zero-order valence-corrected chi connectivity index (χ0v) is 10.1. The normalized spacial score (nSPS) is 9.29. The molecule has 0 aliphatic heterocycles. The summed E-state index contributed by atoms with van der Waals surface area (Å²) in [6.45, 7) is 5.24. The van der Waals surface area contributed by atoms with Gasteiger partial charge in [0.05, 0.1) is 20.1 Å². The van der Waals surface area contributed by atoms with Crippen LogP contribution < -0.4 is 5.32 Å². The number of methoxy groups -OCH3 is 1. The third-order valence-electron chi connectivity index (χ3n) is 1.79. The Labute approximate surface area is 100.0 Å². The van der Waals surface area contributed by atoms with Crippen molar-refractivity contribution in [3.8, 4) is 0 Å². The van der Waals surface area contributed by atoms with Crippen molar-refractivity contribution in [2.75, 3.05) is 20.3 Å². The van der Waals surface area contributed by atoms with E-state index in [2.05, 4.69) is 16.6 Å². The van der Waals surface area contributed by atoms with E-state index >= 15 is 0 Å². The highest BCUT2D eigenvalue weighted by Gasteiger charge is 2.07. The summed E-state index contributed by atoms with van der Waals surface area (Å²) in [5, 5.41) is 2.50. The predicted octanol–water partition coefficient (Wildman–Crippen LogP) is 0.175. The quantitative estimate of drug-likeness (QED) is 0.392. The average Bonchev–Trinajstić information content (AvgIpc) is 2.30. The van der Waals surface area contributed by atoms with E-state index in [9.17, 15) is 14.4 Å². The van der Waals surface area contributed by atoms with Gasteiger partial charge in [0, 0.05) is 12.0 Å². The van der Waals surface area contributed by atoms with E-state index in [1.54, 1.807) is 0 Å². The molecule has 0 aromatic rings. The molecule has 0 saturated heterocycles. The summed E-state index contributed by atoms with van der Waals surface area (Å²) >= 11 is 0. The second-order valence-electron chi connectivity index (χ2n) is 3.34. The Kier molecular flexibility index (Phi) is 7.41. The number of carbonyl (C=O) groups is 3. The van der Waals surface area contributed by atoms with E-state index in [0.717, 1.165) is 0 Å². The van der Waals surface area contributed by atoms with Crippen LogP contribution in [0, 0.1) is 0 Å². The van der Waals surface area contributed by atoms with E-state index < -0.39 is 11.9 Å². The monoisotopic (exact) mass is 243 g/mol. The minimum absolute atomic E-state index is 0.0356. The average molecular weight is 243 g/mol. The van der Waals surface area contributed by atoms with Crippen LogP contribution in [0.3, 0.4) is 0 Å². The molecule has 0 aromatic carbocycles. The SMILES string of the molecule is C=C(C)C(=O)OCCNC(=O)CCC(=O)OC. The molecule has 17 heavy (non-hydrogen) atoms. The molecule has 0 aliphatic rings. The lowest BCUT2D eigenvalue weighted by molar-refractivity contribution is -0.142. The second kappa shape index (κ2) is 8.32. The number of amides is 1. The lowest BCUT2D eigenvalue weighted by Crippen LogP contribution is -2.28. The fourth-order valence-corrected chi connectivity index (χ4v) is 0.863. The van der Waals surface area contributed by atoms with E-state index in [0.29, 0.717) is 5.57 Å². The van der Waals surface area contributed by atoms with Crippen LogP contribution in [0.2, 0.25) is 0 Å². The van der Waals surface area contributed by atoms with Crippen molar-refractivity contribution in [1.82, 2.24) is 5.32 Å². The number of hydrogen-bond acceptors (Lipinski definition) is 5. The molecule has 6 heteroatoms. The van der Waals surface area contributed by atoms with Crippen LogP contribution in [0.1, 0.15) is 19.8 Å². The van der Waals surface area contributed by atoms with Gasteiger partial charge in [0.25, 0.3) is 0 Å². The fourth-order valence-electron chi connectivity index (χ4n) is 0.863. The Morgan fingerprint density at radius 2 is 1.88 bits per heavy atom. The minimum atomic E-state index is -0.492. The summed E-state index contributed by atoms with van der Waals surface area (Å²) in [4.78, 5) is 32.8. The first-order valence-corrected chi connectivity index (χ1v) is 5.13. The van der Waals surface area contributed by atoms with Crippen LogP contribution in [0.15, 0.2) is 12.2 Å². The molecule has 0 aliphatic carbocycles. The first-order chi connectivity index (χ1) is 7.97. The lowest BCUT2D eigenvalue weighted by Gasteiger charge is -2.06. The fraction of sp³-hybridized carbons (Fsp3) is 0.545. The molecule has 0 rings (SSSR count). The van der Waals surface area contributed by atoms with Crippen LogP contribution >= 0.6 is 0 Å². The standard InChI is InChI=1S/C11H17NO5/c1-8(2)11(15)17-7-6-12-9(13)4-5-10(14)16-3/h1,4-7H2,2-3H3,(H,12,13). The molecule has 0 spiro atoms. The summed E-state index contributed by atoms with van der Waals surface area (Å²) < 4.78 is 9.14. The number of ether oxygens (including phenoxy) is 2.